The Labute approximate surface area is 190 Å². The van der Waals surface area contributed by atoms with Crippen LogP contribution in [0.5, 0.6) is 0 Å². The zero-order valence-electron chi connectivity index (χ0n) is 18.9. The van der Waals surface area contributed by atoms with E-state index in [4.69, 9.17) is 4.74 Å². The maximum atomic E-state index is 12.6. The summed E-state index contributed by atoms with van der Waals surface area (Å²) in [5.74, 6) is -0.538. The number of benzene rings is 1. The molecular weight excluding hydrogens is 424 g/mol. The first-order valence-corrected chi connectivity index (χ1v) is 10.9. The summed E-state index contributed by atoms with van der Waals surface area (Å²) in [5.41, 5.74) is 3.84. The monoisotopic (exact) mass is 450 g/mol. The molecule has 0 aliphatic carbocycles. The number of aromatic nitrogens is 2. The lowest BCUT2D eigenvalue weighted by molar-refractivity contribution is 0.0937. The zero-order valence-corrected chi connectivity index (χ0v) is 18.9. The molecule has 0 bridgehead atoms. The average Bonchev–Trinajstić information content (AvgIpc) is 2.82. The number of nitrogens with one attached hydrogen (secondary N) is 2. The molecule has 33 heavy (non-hydrogen) atoms. The molecule has 0 unspecified atom stereocenters. The summed E-state index contributed by atoms with van der Waals surface area (Å²) < 4.78 is 5.34. The SMILES string of the molecule is CCOCc1nc(C(=O)NCc2ccc3c(c2)CN(c2c(C)c(=O)c2=O)CC3)[nH]c(=O)c1C. The third-order valence-corrected chi connectivity index (χ3v) is 6.08. The van der Waals surface area contributed by atoms with E-state index in [-0.39, 0.29) is 24.5 Å². The highest BCUT2D eigenvalue weighted by Crippen LogP contribution is 2.25. The van der Waals surface area contributed by atoms with Crippen molar-refractivity contribution in [3.05, 3.63) is 88.3 Å². The van der Waals surface area contributed by atoms with Crippen LogP contribution in [0, 0.1) is 13.8 Å². The topological polar surface area (TPSA) is 121 Å². The van der Waals surface area contributed by atoms with Gasteiger partial charge in [0.2, 0.25) is 10.9 Å². The van der Waals surface area contributed by atoms with Crippen molar-refractivity contribution in [2.45, 2.75) is 46.9 Å². The van der Waals surface area contributed by atoms with Crippen molar-refractivity contribution in [1.82, 2.24) is 15.3 Å². The number of amides is 1. The molecule has 1 amide bonds. The molecule has 0 spiro atoms. The summed E-state index contributed by atoms with van der Waals surface area (Å²) in [5, 5.41) is 2.79. The lowest BCUT2D eigenvalue weighted by atomic mass is 9.95. The van der Waals surface area contributed by atoms with E-state index in [0.717, 1.165) is 17.5 Å². The van der Waals surface area contributed by atoms with Crippen molar-refractivity contribution in [2.24, 2.45) is 0 Å². The minimum Gasteiger partial charge on any atom is -0.375 e. The van der Waals surface area contributed by atoms with Crippen LogP contribution in [-0.4, -0.2) is 29.0 Å². The molecule has 0 fully saturated rings. The predicted octanol–water partition coefficient (Wildman–Crippen LogP) is 1.01. The summed E-state index contributed by atoms with van der Waals surface area (Å²) in [4.78, 5) is 57.0. The Bertz CT molecular complexity index is 1350. The van der Waals surface area contributed by atoms with Crippen LogP contribution < -0.4 is 26.6 Å². The van der Waals surface area contributed by atoms with E-state index < -0.39 is 16.8 Å². The molecule has 0 saturated heterocycles. The van der Waals surface area contributed by atoms with Gasteiger partial charge >= 0.3 is 0 Å². The summed E-state index contributed by atoms with van der Waals surface area (Å²) in [7, 11) is 0. The summed E-state index contributed by atoms with van der Waals surface area (Å²) in [6.45, 7) is 7.29. The van der Waals surface area contributed by atoms with Crippen molar-refractivity contribution < 1.29 is 9.53 Å². The second-order valence-electron chi connectivity index (χ2n) is 8.21. The van der Waals surface area contributed by atoms with Gasteiger partial charge in [-0.05, 0) is 43.9 Å². The quantitative estimate of drug-likeness (QED) is 0.515. The van der Waals surface area contributed by atoms with Crippen molar-refractivity contribution in [3.63, 3.8) is 0 Å². The fourth-order valence-corrected chi connectivity index (χ4v) is 4.08. The van der Waals surface area contributed by atoms with Gasteiger partial charge in [0.15, 0.2) is 5.82 Å². The van der Waals surface area contributed by atoms with Gasteiger partial charge in [-0.2, -0.15) is 0 Å². The Morgan fingerprint density at radius 3 is 2.67 bits per heavy atom. The summed E-state index contributed by atoms with van der Waals surface area (Å²) in [6.07, 6.45) is 0.775. The van der Waals surface area contributed by atoms with Crippen LogP contribution in [0.15, 0.2) is 32.6 Å². The first-order chi connectivity index (χ1) is 15.8. The fourth-order valence-electron chi connectivity index (χ4n) is 4.08. The molecule has 1 aromatic heterocycles. The first kappa shape index (κ1) is 22.6. The third kappa shape index (κ3) is 4.36. The van der Waals surface area contributed by atoms with Crippen molar-refractivity contribution in [3.8, 4) is 0 Å². The van der Waals surface area contributed by atoms with Crippen molar-refractivity contribution in [2.75, 3.05) is 18.1 Å². The molecule has 9 nitrogen and oxygen atoms in total. The van der Waals surface area contributed by atoms with Crippen LogP contribution in [0.2, 0.25) is 0 Å². The molecule has 3 aromatic rings. The minimum atomic E-state index is -0.483. The molecule has 9 heteroatoms. The van der Waals surface area contributed by atoms with E-state index in [1.807, 2.05) is 30.0 Å². The number of anilines is 1. The lowest BCUT2D eigenvalue weighted by Gasteiger charge is -2.32. The molecule has 0 saturated carbocycles. The van der Waals surface area contributed by atoms with E-state index in [1.165, 1.54) is 5.56 Å². The first-order valence-electron chi connectivity index (χ1n) is 10.9. The Morgan fingerprint density at radius 1 is 1.15 bits per heavy atom. The van der Waals surface area contributed by atoms with E-state index >= 15 is 0 Å². The van der Waals surface area contributed by atoms with Gasteiger partial charge in [0.1, 0.15) is 0 Å². The normalized spacial score (nSPS) is 13.2. The number of H-pyrrole nitrogens is 1. The molecular formula is C24H26N4O5. The fraction of sp³-hybridized carbons (Fsp3) is 0.375. The Hall–Kier alpha value is -3.59. The van der Waals surface area contributed by atoms with Crippen LogP contribution >= 0.6 is 0 Å². The van der Waals surface area contributed by atoms with Gasteiger partial charge in [0.25, 0.3) is 11.5 Å². The van der Waals surface area contributed by atoms with Crippen molar-refractivity contribution in [1.29, 1.82) is 0 Å². The van der Waals surface area contributed by atoms with Crippen LogP contribution in [0.1, 0.15) is 51.1 Å². The lowest BCUT2D eigenvalue weighted by Crippen LogP contribution is -2.44. The van der Waals surface area contributed by atoms with Crippen LogP contribution in [0.4, 0.5) is 5.69 Å². The number of hydrogen-bond donors (Lipinski definition) is 2. The number of rotatable bonds is 7. The van der Waals surface area contributed by atoms with E-state index in [0.29, 0.717) is 42.2 Å². The number of aromatic amines is 1. The number of carbonyl (C=O) groups is 1. The van der Waals surface area contributed by atoms with E-state index in [9.17, 15) is 19.2 Å². The molecule has 1 aliphatic heterocycles. The second kappa shape index (κ2) is 9.11. The average molecular weight is 450 g/mol. The highest BCUT2D eigenvalue weighted by molar-refractivity contribution is 5.90. The minimum absolute atomic E-state index is 0.0555. The predicted molar refractivity (Wildman–Crippen MR) is 123 cm³/mol. The number of fused-ring (bicyclic) bond motifs is 1. The molecule has 2 N–H and O–H groups in total. The van der Waals surface area contributed by atoms with Crippen LogP contribution in [0.3, 0.4) is 0 Å². The number of carbonyl (C=O) groups excluding carboxylic acids is 1. The van der Waals surface area contributed by atoms with Crippen LogP contribution in [0.25, 0.3) is 0 Å². The zero-order chi connectivity index (χ0) is 23.7. The number of ether oxygens (including phenoxy) is 1. The van der Waals surface area contributed by atoms with Gasteiger partial charge in [-0.3, -0.25) is 19.2 Å². The Kier molecular flexibility index (Phi) is 6.24. The van der Waals surface area contributed by atoms with Crippen molar-refractivity contribution >= 4 is 11.6 Å². The highest BCUT2D eigenvalue weighted by Gasteiger charge is 2.26. The maximum Gasteiger partial charge on any atom is 0.287 e. The van der Waals surface area contributed by atoms with E-state index in [1.54, 1.807) is 13.8 Å². The summed E-state index contributed by atoms with van der Waals surface area (Å²) in [6, 6.07) is 5.97. The highest BCUT2D eigenvalue weighted by atomic mass is 16.5. The molecule has 172 valence electrons. The van der Waals surface area contributed by atoms with Gasteiger partial charge in [-0.1, -0.05) is 18.2 Å². The van der Waals surface area contributed by atoms with Crippen LogP contribution in [-0.2, 0) is 30.9 Å². The van der Waals surface area contributed by atoms with Gasteiger partial charge in [0, 0.05) is 37.4 Å². The standard InChI is InChI=1S/C24H26N4O5/c1-4-33-12-18-13(2)23(31)27-22(26-18)24(32)25-10-15-5-6-16-7-8-28(11-17(16)9-15)19-14(3)20(29)21(19)30/h5-6,9H,4,7-8,10-12H2,1-3H3,(H,25,32)(H,26,27,31). The van der Waals surface area contributed by atoms with Gasteiger partial charge < -0.3 is 19.9 Å². The molecule has 2 heterocycles. The molecule has 4 rings (SSSR count). The number of hydrogen-bond acceptors (Lipinski definition) is 7. The smallest absolute Gasteiger partial charge is 0.287 e. The summed E-state index contributed by atoms with van der Waals surface area (Å²) >= 11 is 0. The van der Waals surface area contributed by atoms with E-state index in [2.05, 4.69) is 15.3 Å². The second-order valence-corrected chi connectivity index (χ2v) is 8.21. The maximum absolute atomic E-state index is 12.6. The Balaban J connectivity index is 1.46. The Morgan fingerprint density at radius 2 is 1.94 bits per heavy atom. The van der Waals surface area contributed by atoms with Gasteiger partial charge in [-0.15, -0.1) is 0 Å². The van der Waals surface area contributed by atoms with Gasteiger partial charge in [-0.25, -0.2) is 4.98 Å². The molecule has 0 radical (unpaired) electrons. The van der Waals surface area contributed by atoms with Gasteiger partial charge in [0.05, 0.1) is 18.0 Å². The molecule has 2 aromatic carbocycles. The molecule has 1 aliphatic rings. The number of nitrogens with zero attached hydrogens (tertiary/aromatic N) is 2. The largest absolute Gasteiger partial charge is 0.375 e. The third-order valence-electron chi connectivity index (χ3n) is 6.08. The molecule has 0 atom stereocenters.